The first kappa shape index (κ1) is 24.5. The van der Waals surface area contributed by atoms with Crippen LogP contribution in [0.4, 0.5) is 4.39 Å². The molecule has 37 heavy (non-hydrogen) atoms. The van der Waals surface area contributed by atoms with Crippen LogP contribution in [0.5, 0.6) is 11.5 Å². The standard InChI is InChI=1S/C28H35FN2O6/c1-36-21-10-20(29)22(37-18-6-4-15(5-7-18)27(34)35)9-19(21)25(32)30-24-17-3-2-16(8-17)23(24)26(33)31-28-11-14(12-28)13-28/h9-10,14-18,23-24H,2-8,11-13H2,1H3,(H,30,32)(H,31,33)(H,34,35)/t14?,15-,16-,17+,18+,23+,24-,28?/m1/s1. The maximum atomic E-state index is 14.9. The molecule has 6 fully saturated rings. The molecule has 2 amide bonds. The second kappa shape index (κ2) is 9.17. The molecule has 6 aliphatic carbocycles. The lowest BCUT2D eigenvalue weighted by Crippen LogP contribution is -2.69. The average molecular weight is 515 g/mol. The molecule has 0 aliphatic heterocycles. The van der Waals surface area contributed by atoms with E-state index in [1.54, 1.807) is 0 Å². The third kappa shape index (κ3) is 4.34. The number of amides is 2. The van der Waals surface area contributed by atoms with Gasteiger partial charge in [0.05, 0.1) is 30.6 Å². The fourth-order valence-electron chi connectivity index (χ4n) is 7.66. The number of carboxylic acids is 1. The molecule has 0 aromatic heterocycles. The SMILES string of the molecule is COc1cc(F)c(O[C@H]2CC[C@@H](C(=O)O)CC2)cc1C(=O)N[C@@H]1[C@H]2CC[C@H](C2)[C@@H]1C(=O)NC12CC(C1)C2. The van der Waals surface area contributed by atoms with Gasteiger partial charge in [0.25, 0.3) is 5.91 Å². The Kier molecular flexibility index (Phi) is 6.07. The average Bonchev–Trinajstić information content (AvgIpc) is 3.43. The van der Waals surface area contributed by atoms with Gasteiger partial charge >= 0.3 is 5.97 Å². The highest BCUT2D eigenvalue weighted by atomic mass is 19.1. The zero-order chi connectivity index (χ0) is 25.9. The molecule has 0 saturated heterocycles. The van der Waals surface area contributed by atoms with Crippen LogP contribution < -0.4 is 20.1 Å². The van der Waals surface area contributed by atoms with Gasteiger partial charge < -0.3 is 25.2 Å². The topological polar surface area (TPSA) is 114 Å². The van der Waals surface area contributed by atoms with E-state index in [4.69, 9.17) is 9.47 Å². The Morgan fingerprint density at radius 3 is 2.32 bits per heavy atom. The van der Waals surface area contributed by atoms with Gasteiger partial charge in [-0.25, -0.2) is 4.39 Å². The number of aliphatic carboxylic acids is 1. The highest BCUT2D eigenvalue weighted by Crippen LogP contribution is 2.57. The third-order valence-corrected chi connectivity index (χ3v) is 9.76. The van der Waals surface area contributed by atoms with Gasteiger partial charge in [-0.15, -0.1) is 0 Å². The minimum atomic E-state index is -0.815. The van der Waals surface area contributed by atoms with Crippen LogP contribution >= 0.6 is 0 Å². The van der Waals surface area contributed by atoms with E-state index in [0.29, 0.717) is 25.7 Å². The predicted octanol–water partition coefficient (Wildman–Crippen LogP) is 3.67. The van der Waals surface area contributed by atoms with Crippen LogP contribution in [0.1, 0.15) is 74.6 Å². The van der Waals surface area contributed by atoms with E-state index < -0.39 is 23.6 Å². The Hall–Kier alpha value is -2.84. The number of carbonyl (C=O) groups excluding carboxylic acids is 2. The van der Waals surface area contributed by atoms with Crippen molar-refractivity contribution in [1.29, 1.82) is 0 Å². The van der Waals surface area contributed by atoms with Gasteiger partial charge in [-0.1, -0.05) is 0 Å². The maximum absolute atomic E-state index is 14.9. The Morgan fingerprint density at radius 1 is 1.00 bits per heavy atom. The van der Waals surface area contributed by atoms with Gasteiger partial charge in [0.15, 0.2) is 11.6 Å². The Balaban J connectivity index is 1.16. The van der Waals surface area contributed by atoms with E-state index >= 15 is 0 Å². The molecule has 0 unspecified atom stereocenters. The molecule has 0 radical (unpaired) electrons. The molecule has 4 bridgehead atoms. The highest BCUT2D eigenvalue weighted by Gasteiger charge is 2.59. The number of hydrogen-bond donors (Lipinski definition) is 3. The normalized spacial score (nSPS) is 37.2. The summed E-state index contributed by atoms with van der Waals surface area (Å²) >= 11 is 0. The van der Waals surface area contributed by atoms with Crippen molar-refractivity contribution in [2.24, 2.45) is 29.6 Å². The number of nitrogens with one attached hydrogen (secondary N) is 2. The van der Waals surface area contributed by atoms with Crippen LogP contribution in [0.3, 0.4) is 0 Å². The van der Waals surface area contributed by atoms with Crippen LogP contribution in [0.15, 0.2) is 12.1 Å². The summed E-state index contributed by atoms with van der Waals surface area (Å²) in [4.78, 5) is 38.0. The summed E-state index contributed by atoms with van der Waals surface area (Å²) in [6.07, 6.45) is 7.80. The molecule has 6 saturated carbocycles. The minimum absolute atomic E-state index is 0.00579. The van der Waals surface area contributed by atoms with Crippen molar-refractivity contribution in [2.45, 2.75) is 81.9 Å². The first-order valence-electron chi connectivity index (χ1n) is 13.6. The number of hydrogen-bond acceptors (Lipinski definition) is 5. The first-order valence-corrected chi connectivity index (χ1v) is 13.6. The van der Waals surface area contributed by atoms with Crippen LogP contribution in [-0.2, 0) is 9.59 Å². The molecular formula is C28H35FN2O6. The number of rotatable bonds is 8. The van der Waals surface area contributed by atoms with Crippen LogP contribution in [0.2, 0.25) is 0 Å². The third-order valence-electron chi connectivity index (χ3n) is 9.76. The van der Waals surface area contributed by atoms with Crippen LogP contribution in [0.25, 0.3) is 0 Å². The second-order valence-electron chi connectivity index (χ2n) is 12.0. The summed E-state index contributed by atoms with van der Waals surface area (Å²) in [5.74, 6) is -1.08. The van der Waals surface area contributed by atoms with Gasteiger partial charge in [-0.05, 0) is 88.0 Å². The fraction of sp³-hybridized carbons (Fsp3) is 0.679. The fourth-order valence-corrected chi connectivity index (χ4v) is 7.66. The summed E-state index contributed by atoms with van der Waals surface area (Å²) < 4.78 is 26.1. The second-order valence-corrected chi connectivity index (χ2v) is 12.0. The van der Waals surface area contributed by atoms with Crippen molar-refractivity contribution in [3.63, 3.8) is 0 Å². The molecule has 8 nitrogen and oxygen atoms in total. The van der Waals surface area contributed by atoms with E-state index in [-0.39, 0.29) is 58.4 Å². The summed E-state index contributed by atoms with van der Waals surface area (Å²) in [5.41, 5.74) is 0.160. The minimum Gasteiger partial charge on any atom is -0.496 e. The Labute approximate surface area is 215 Å². The summed E-state index contributed by atoms with van der Waals surface area (Å²) in [6, 6.07) is 2.27. The monoisotopic (exact) mass is 514 g/mol. The molecule has 0 heterocycles. The van der Waals surface area contributed by atoms with Gasteiger partial charge in [0.1, 0.15) is 5.75 Å². The van der Waals surface area contributed by atoms with E-state index in [9.17, 15) is 23.9 Å². The van der Waals surface area contributed by atoms with Crippen LogP contribution in [-0.4, -0.2) is 47.7 Å². The van der Waals surface area contributed by atoms with Crippen molar-refractivity contribution in [1.82, 2.24) is 10.6 Å². The van der Waals surface area contributed by atoms with Gasteiger partial charge in [-0.2, -0.15) is 0 Å². The lowest BCUT2D eigenvalue weighted by Gasteiger charge is -2.62. The number of ether oxygens (including phenoxy) is 2. The Bertz CT molecular complexity index is 1100. The predicted molar refractivity (Wildman–Crippen MR) is 131 cm³/mol. The quantitative estimate of drug-likeness (QED) is 0.488. The zero-order valence-corrected chi connectivity index (χ0v) is 21.1. The smallest absolute Gasteiger partial charge is 0.306 e. The van der Waals surface area contributed by atoms with Crippen molar-refractivity contribution >= 4 is 17.8 Å². The lowest BCUT2D eigenvalue weighted by molar-refractivity contribution is -0.143. The summed E-state index contributed by atoms with van der Waals surface area (Å²) in [6.45, 7) is 0. The summed E-state index contributed by atoms with van der Waals surface area (Å²) in [5, 5.41) is 15.6. The van der Waals surface area contributed by atoms with Crippen molar-refractivity contribution in [2.75, 3.05) is 7.11 Å². The van der Waals surface area contributed by atoms with E-state index in [0.717, 1.165) is 50.5 Å². The van der Waals surface area contributed by atoms with Crippen molar-refractivity contribution < 1.29 is 33.4 Å². The molecular weight excluding hydrogens is 479 g/mol. The molecule has 7 rings (SSSR count). The largest absolute Gasteiger partial charge is 0.496 e. The first-order chi connectivity index (χ1) is 17.7. The molecule has 200 valence electrons. The molecule has 1 aromatic carbocycles. The molecule has 0 spiro atoms. The van der Waals surface area contributed by atoms with E-state index in [1.807, 2.05) is 0 Å². The number of benzene rings is 1. The number of methoxy groups -OCH3 is 1. The molecule has 9 heteroatoms. The van der Waals surface area contributed by atoms with Gasteiger partial charge in [-0.3, -0.25) is 14.4 Å². The highest BCUT2D eigenvalue weighted by molar-refractivity contribution is 5.98. The molecule has 6 aliphatic rings. The molecule has 4 atom stereocenters. The number of carbonyl (C=O) groups is 3. The van der Waals surface area contributed by atoms with E-state index in [1.165, 1.54) is 13.2 Å². The molecule has 1 aromatic rings. The van der Waals surface area contributed by atoms with Crippen molar-refractivity contribution in [3.05, 3.63) is 23.5 Å². The number of halogens is 1. The molecule has 3 N–H and O–H groups in total. The number of carboxylic acid groups (broad SMARTS) is 1. The van der Waals surface area contributed by atoms with Crippen molar-refractivity contribution in [3.8, 4) is 11.5 Å². The summed E-state index contributed by atoms with van der Waals surface area (Å²) in [7, 11) is 1.39. The van der Waals surface area contributed by atoms with Gasteiger partial charge in [0.2, 0.25) is 5.91 Å². The van der Waals surface area contributed by atoms with Gasteiger partial charge in [0, 0.05) is 17.6 Å². The van der Waals surface area contributed by atoms with E-state index in [2.05, 4.69) is 10.6 Å². The van der Waals surface area contributed by atoms with Crippen LogP contribution in [0, 0.1) is 35.4 Å². The maximum Gasteiger partial charge on any atom is 0.306 e. The lowest BCUT2D eigenvalue weighted by atomic mass is 9.50. The number of fused-ring (bicyclic) bond motifs is 2. The zero-order valence-electron chi connectivity index (χ0n) is 21.1. The Morgan fingerprint density at radius 2 is 1.70 bits per heavy atom.